The molecule has 4 aromatic heterocycles. The fourth-order valence-corrected chi connectivity index (χ4v) is 7.83. The Balaban J connectivity index is 1.45. The van der Waals surface area contributed by atoms with E-state index in [0.29, 0.717) is 58.4 Å². The quantitative estimate of drug-likeness (QED) is 0.136. The van der Waals surface area contributed by atoms with Crippen molar-refractivity contribution in [3.05, 3.63) is 90.1 Å². The van der Waals surface area contributed by atoms with Gasteiger partial charge in [0.15, 0.2) is 0 Å². The van der Waals surface area contributed by atoms with Gasteiger partial charge in [-0.3, -0.25) is 14.2 Å². The van der Waals surface area contributed by atoms with Crippen molar-refractivity contribution >= 4 is 38.2 Å². The molecule has 0 saturated heterocycles. The summed E-state index contributed by atoms with van der Waals surface area (Å²) in [6, 6.07) is 9.51. The second-order valence-corrected chi connectivity index (χ2v) is 13.5. The highest BCUT2D eigenvalue weighted by Gasteiger charge is 2.32. The van der Waals surface area contributed by atoms with E-state index in [0.717, 1.165) is 28.0 Å². The smallest absolute Gasteiger partial charge is 0.246 e. The van der Waals surface area contributed by atoms with Crippen molar-refractivity contribution < 1.29 is 27.8 Å². The van der Waals surface area contributed by atoms with Crippen molar-refractivity contribution in [1.29, 1.82) is 0 Å². The fourth-order valence-electron chi connectivity index (χ4n) is 6.88. The van der Waals surface area contributed by atoms with Gasteiger partial charge in [0, 0.05) is 58.4 Å². The van der Waals surface area contributed by atoms with E-state index in [1.54, 1.807) is 22.7 Å². The molecular weight excluding hydrogens is 675 g/mol. The lowest BCUT2D eigenvalue weighted by atomic mass is 9.95. The fraction of sp³-hybridized carbons (Fsp3) is 0.263. The molecule has 0 N–H and O–H groups in total. The van der Waals surface area contributed by atoms with E-state index < -0.39 is 17.7 Å². The van der Waals surface area contributed by atoms with Gasteiger partial charge in [-0.2, -0.15) is 10.2 Å². The third-order valence-corrected chi connectivity index (χ3v) is 10.3. The maximum atomic E-state index is 16.4. The molecule has 6 heterocycles. The Bertz CT molecular complexity index is 2380. The molecule has 0 fully saturated rings. The number of hydrogen-bond acceptors (Lipinski definition) is 8. The molecule has 0 radical (unpaired) electrons. The van der Waals surface area contributed by atoms with Gasteiger partial charge in [-0.25, -0.2) is 13.8 Å². The Hall–Kier alpha value is -5.40. The van der Waals surface area contributed by atoms with Crippen LogP contribution in [-0.4, -0.2) is 67.8 Å². The molecule has 2 bridgehead atoms. The number of carbonyl (C=O) groups excluding carboxylic acids is 1. The first kappa shape index (κ1) is 32.8. The minimum atomic E-state index is -0.801. The SMILES string of the molecule is C=CC(=O)N1CCn2nc(-c3nc4c5ccsc5c3-c3c(F)cc(F)cc3O[C@@H](C)COC/C=C/COc3cc5c(cnn5C)cc3-4)cc2[C@@H]1C. The average molecular weight is 709 g/mol. The summed E-state index contributed by atoms with van der Waals surface area (Å²) in [5, 5.41) is 13.0. The van der Waals surface area contributed by atoms with Crippen molar-refractivity contribution in [2.75, 3.05) is 26.4 Å². The van der Waals surface area contributed by atoms with E-state index in [1.165, 1.54) is 23.5 Å². The van der Waals surface area contributed by atoms with Crippen molar-refractivity contribution in [3.63, 3.8) is 0 Å². The lowest BCUT2D eigenvalue weighted by Gasteiger charge is -2.33. The Morgan fingerprint density at radius 1 is 1.04 bits per heavy atom. The van der Waals surface area contributed by atoms with Crippen LogP contribution in [0.4, 0.5) is 8.78 Å². The maximum Gasteiger partial charge on any atom is 0.246 e. The van der Waals surface area contributed by atoms with Crippen LogP contribution in [0.15, 0.2) is 72.8 Å². The van der Waals surface area contributed by atoms with Crippen LogP contribution in [0.1, 0.15) is 25.6 Å². The summed E-state index contributed by atoms with van der Waals surface area (Å²) in [6.45, 7) is 9.02. The van der Waals surface area contributed by atoms with Gasteiger partial charge >= 0.3 is 0 Å². The molecule has 2 aliphatic rings. The molecule has 6 aromatic rings. The molecule has 0 unspecified atom stereocenters. The minimum Gasteiger partial charge on any atom is -0.489 e. The normalized spacial score (nSPS) is 18.4. The number of hydrogen-bond donors (Lipinski definition) is 0. The van der Waals surface area contributed by atoms with Gasteiger partial charge in [0.1, 0.15) is 47.2 Å². The molecule has 10 nitrogen and oxygen atoms in total. The average Bonchev–Trinajstić information content (AvgIpc) is 3.86. The molecule has 260 valence electrons. The summed E-state index contributed by atoms with van der Waals surface area (Å²) in [5.74, 6) is -1.14. The van der Waals surface area contributed by atoms with Gasteiger partial charge in [-0.1, -0.05) is 12.7 Å². The number of aryl methyl sites for hydroxylation is 1. The van der Waals surface area contributed by atoms with Crippen molar-refractivity contribution in [1.82, 2.24) is 29.4 Å². The minimum absolute atomic E-state index is 0.0230. The molecule has 2 aliphatic heterocycles. The van der Waals surface area contributed by atoms with E-state index in [9.17, 15) is 9.18 Å². The van der Waals surface area contributed by atoms with Crippen molar-refractivity contribution in [2.45, 2.75) is 32.5 Å². The first-order valence-corrected chi connectivity index (χ1v) is 17.5. The molecule has 2 atom stereocenters. The topological polar surface area (TPSA) is 96.5 Å². The molecule has 0 aliphatic carbocycles. The maximum absolute atomic E-state index is 16.4. The highest BCUT2D eigenvalue weighted by atomic mass is 32.1. The van der Waals surface area contributed by atoms with Crippen LogP contribution in [0.5, 0.6) is 11.5 Å². The number of aromatic nitrogens is 5. The Labute approximate surface area is 296 Å². The first-order chi connectivity index (χ1) is 24.7. The third-order valence-electron chi connectivity index (χ3n) is 9.34. The van der Waals surface area contributed by atoms with E-state index in [-0.39, 0.29) is 36.5 Å². The van der Waals surface area contributed by atoms with Crippen LogP contribution >= 0.6 is 11.3 Å². The Morgan fingerprint density at radius 2 is 1.88 bits per heavy atom. The number of fused-ring (bicyclic) bond motifs is 6. The number of benzene rings is 2. The lowest BCUT2D eigenvalue weighted by Crippen LogP contribution is -2.40. The van der Waals surface area contributed by atoms with Crippen LogP contribution in [-0.2, 0) is 23.1 Å². The zero-order valence-electron chi connectivity index (χ0n) is 28.2. The number of halogens is 2. The number of nitrogens with zero attached hydrogens (tertiary/aromatic N) is 6. The number of thiophene rings is 1. The Morgan fingerprint density at radius 3 is 2.73 bits per heavy atom. The van der Waals surface area contributed by atoms with Gasteiger partial charge in [0.05, 0.1) is 54.5 Å². The number of rotatable bonds is 2. The summed E-state index contributed by atoms with van der Waals surface area (Å²) in [7, 11) is 1.87. The number of carbonyl (C=O) groups is 1. The predicted octanol–water partition coefficient (Wildman–Crippen LogP) is 7.48. The van der Waals surface area contributed by atoms with E-state index in [2.05, 4.69) is 11.7 Å². The summed E-state index contributed by atoms with van der Waals surface area (Å²) in [6.07, 6.45) is 6.28. The molecule has 13 heteroatoms. The highest BCUT2D eigenvalue weighted by Crippen LogP contribution is 2.49. The monoisotopic (exact) mass is 708 g/mol. The van der Waals surface area contributed by atoms with Gasteiger partial charge in [0.25, 0.3) is 0 Å². The van der Waals surface area contributed by atoms with E-state index >= 15 is 4.39 Å². The number of ether oxygens (including phenoxy) is 3. The Kier molecular flexibility index (Phi) is 8.39. The second kappa shape index (κ2) is 13.1. The largest absolute Gasteiger partial charge is 0.489 e. The van der Waals surface area contributed by atoms with Gasteiger partial charge in [0.2, 0.25) is 5.91 Å². The summed E-state index contributed by atoms with van der Waals surface area (Å²) < 4.78 is 54.1. The van der Waals surface area contributed by atoms with Crippen LogP contribution in [0.25, 0.3) is 54.8 Å². The van der Waals surface area contributed by atoms with Crippen LogP contribution in [0.3, 0.4) is 0 Å². The molecule has 1 amide bonds. The summed E-state index contributed by atoms with van der Waals surface area (Å²) >= 11 is 1.41. The van der Waals surface area contributed by atoms with Crippen molar-refractivity contribution in [3.8, 4) is 45.3 Å². The number of pyridine rings is 1. The molecule has 2 aromatic carbocycles. The highest BCUT2D eigenvalue weighted by molar-refractivity contribution is 7.18. The van der Waals surface area contributed by atoms with Crippen LogP contribution < -0.4 is 9.47 Å². The molecule has 8 rings (SSSR count). The molecule has 0 saturated carbocycles. The zero-order chi connectivity index (χ0) is 35.4. The van der Waals surface area contributed by atoms with E-state index in [4.69, 9.17) is 24.3 Å². The predicted molar refractivity (Wildman–Crippen MR) is 192 cm³/mol. The zero-order valence-corrected chi connectivity index (χ0v) is 29.0. The molecular formula is C38H34F2N6O4S. The molecule has 0 spiro atoms. The van der Waals surface area contributed by atoms with Crippen molar-refractivity contribution in [2.24, 2.45) is 7.05 Å². The third kappa shape index (κ3) is 5.75. The van der Waals surface area contributed by atoms with Crippen LogP contribution in [0.2, 0.25) is 0 Å². The standard InChI is InChI=1S/C38H34F2N6O4S/c1-5-33(47)45-9-10-46-29(22(45)3)17-28(43-46)37-35-34-27(40)15-24(39)16-32(34)50-21(2)20-48-11-6-7-12-49-31-18-30-23(19-41-44(30)4)14-26(31)36(42-37)25-8-13-51-38(25)35/h5-8,13-19,21-22H,1,9-12,20H2,2-4H3/b7-6+/t21-,22-/m0/s1. The lowest BCUT2D eigenvalue weighted by molar-refractivity contribution is -0.129. The van der Waals surface area contributed by atoms with Crippen LogP contribution in [0, 0.1) is 11.6 Å². The second-order valence-electron chi connectivity index (χ2n) is 12.6. The van der Waals surface area contributed by atoms with Gasteiger partial charge in [-0.15, -0.1) is 11.3 Å². The number of amides is 1. The summed E-state index contributed by atoms with van der Waals surface area (Å²) in [5.41, 5.74) is 4.31. The van der Waals surface area contributed by atoms with Gasteiger partial charge in [-0.05, 0) is 49.6 Å². The molecule has 51 heavy (non-hydrogen) atoms. The first-order valence-electron chi connectivity index (χ1n) is 16.6. The summed E-state index contributed by atoms with van der Waals surface area (Å²) in [4.78, 5) is 19.8. The van der Waals surface area contributed by atoms with E-state index in [1.807, 2.05) is 60.5 Å². The van der Waals surface area contributed by atoms with Gasteiger partial charge < -0.3 is 19.1 Å².